The Hall–Kier alpha value is -1.87. The second-order valence-corrected chi connectivity index (χ2v) is 10.9. The molecule has 1 unspecified atom stereocenters. The van der Waals surface area contributed by atoms with Gasteiger partial charge < -0.3 is 4.31 Å². The van der Waals surface area contributed by atoms with Crippen LogP contribution in [0.3, 0.4) is 0 Å². The predicted octanol–water partition coefficient (Wildman–Crippen LogP) is 6.09. The van der Waals surface area contributed by atoms with E-state index >= 15 is 0 Å². The Labute approximate surface area is 193 Å². The van der Waals surface area contributed by atoms with Crippen molar-refractivity contribution in [1.82, 2.24) is 4.98 Å². The van der Waals surface area contributed by atoms with Gasteiger partial charge in [-0.05, 0) is 72.5 Å². The minimum atomic E-state index is -4.23. The van der Waals surface area contributed by atoms with Crippen molar-refractivity contribution in [1.29, 1.82) is 0 Å². The van der Waals surface area contributed by atoms with Crippen LogP contribution in [0.5, 0.6) is 0 Å². The lowest BCUT2D eigenvalue weighted by Gasteiger charge is -2.23. The highest BCUT2D eigenvalue weighted by molar-refractivity contribution is 8.00. The summed E-state index contributed by atoms with van der Waals surface area (Å²) in [6.45, 7) is 0.738. The third-order valence-corrected chi connectivity index (χ3v) is 8.63. The molecule has 1 saturated heterocycles. The number of anilines is 1. The van der Waals surface area contributed by atoms with Gasteiger partial charge in [-0.2, -0.15) is 0 Å². The van der Waals surface area contributed by atoms with Gasteiger partial charge in [0.25, 0.3) is 0 Å². The summed E-state index contributed by atoms with van der Waals surface area (Å²) in [5, 5.41) is -1.19. The van der Waals surface area contributed by atoms with E-state index in [4.69, 9.17) is 23.2 Å². The summed E-state index contributed by atoms with van der Waals surface area (Å²) >= 11 is 13.8. The Morgan fingerprint density at radius 2 is 1.77 bits per heavy atom. The van der Waals surface area contributed by atoms with E-state index in [1.165, 1.54) is 36.5 Å². The van der Waals surface area contributed by atoms with E-state index in [0.717, 1.165) is 36.9 Å². The van der Waals surface area contributed by atoms with Gasteiger partial charge in [0.1, 0.15) is 22.7 Å². The zero-order valence-corrected chi connectivity index (χ0v) is 19.1. The molecule has 3 aromatic rings. The van der Waals surface area contributed by atoms with E-state index in [2.05, 4.69) is 4.98 Å². The molecule has 0 N–H and O–H groups in total. The Kier molecular flexibility index (Phi) is 6.44. The minimum absolute atomic E-state index is 0.0409. The Morgan fingerprint density at radius 3 is 2.45 bits per heavy atom. The maximum absolute atomic E-state index is 14.8. The highest BCUT2D eigenvalue weighted by Gasteiger charge is 2.35. The van der Waals surface area contributed by atoms with Gasteiger partial charge in [0.05, 0.1) is 9.92 Å². The average Bonchev–Trinajstić information content (AvgIpc) is 3.27. The van der Waals surface area contributed by atoms with E-state index in [-0.39, 0.29) is 21.0 Å². The average molecular weight is 501 g/mol. The molecule has 1 aliphatic heterocycles. The maximum atomic E-state index is 14.8. The zero-order chi connectivity index (χ0) is 22.2. The van der Waals surface area contributed by atoms with Crippen LogP contribution in [0.1, 0.15) is 22.8 Å². The van der Waals surface area contributed by atoms with Crippen LogP contribution in [0.25, 0.3) is 0 Å². The maximum Gasteiger partial charge on any atom is 0.189 e. The zero-order valence-electron chi connectivity index (χ0n) is 15.9. The topological polar surface area (TPSA) is 50.3 Å². The van der Waals surface area contributed by atoms with E-state index in [0.29, 0.717) is 10.8 Å². The first-order valence-corrected chi connectivity index (χ1v) is 12.5. The van der Waals surface area contributed by atoms with Crippen LogP contribution in [0.4, 0.5) is 14.6 Å². The SMILES string of the molecule is O=S(=O)(c1ccc(Cl)cc1)C(c1cc(F)ccc1F)c1cc(N2CCCS2)ncc1Cl. The summed E-state index contributed by atoms with van der Waals surface area (Å²) in [6.07, 6.45) is 2.29. The first-order valence-electron chi connectivity index (χ1n) is 9.27. The normalized spacial score (nSPS) is 15.3. The first kappa shape index (κ1) is 22.3. The predicted molar refractivity (Wildman–Crippen MR) is 121 cm³/mol. The molecular weight excluding hydrogens is 485 g/mol. The Morgan fingerprint density at radius 1 is 1.03 bits per heavy atom. The molecule has 1 aromatic heterocycles. The van der Waals surface area contributed by atoms with Crippen molar-refractivity contribution >= 4 is 50.8 Å². The van der Waals surface area contributed by atoms with Crippen molar-refractivity contribution in [3.63, 3.8) is 0 Å². The lowest BCUT2D eigenvalue weighted by molar-refractivity contribution is 0.569. The van der Waals surface area contributed by atoms with Crippen molar-refractivity contribution in [3.8, 4) is 0 Å². The van der Waals surface area contributed by atoms with Crippen LogP contribution in [0, 0.1) is 11.6 Å². The van der Waals surface area contributed by atoms with Crippen molar-refractivity contribution in [3.05, 3.63) is 87.5 Å². The van der Waals surface area contributed by atoms with Gasteiger partial charge >= 0.3 is 0 Å². The number of nitrogens with zero attached hydrogens (tertiary/aromatic N) is 2. The smallest absolute Gasteiger partial charge is 0.189 e. The molecule has 4 rings (SSSR count). The molecule has 31 heavy (non-hydrogen) atoms. The highest BCUT2D eigenvalue weighted by Crippen LogP contribution is 2.41. The molecular formula is C21H16Cl2F2N2O2S2. The fourth-order valence-electron chi connectivity index (χ4n) is 3.39. The van der Waals surface area contributed by atoms with Crippen molar-refractivity contribution < 1.29 is 17.2 Å². The lowest BCUT2D eigenvalue weighted by atomic mass is 10.0. The van der Waals surface area contributed by atoms with Crippen LogP contribution in [0.2, 0.25) is 10.0 Å². The molecule has 2 aromatic carbocycles. The summed E-state index contributed by atoms with van der Waals surface area (Å²) in [7, 11) is -4.23. The molecule has 162 valence electrons. The quantitative estimate of drug-likeness (QED) is 0.396. The standard InChI is InChI=1S/C21H16Cl2F2N2O2S2/c22-13-2-5-15(6-3-13)31(28,29)21(17-10-14(24)4-7-19(17)25)16-11-20(26-12-18(16)23)27-8-1-9-30-27/h2-7,10-12,21H,1,8-9H2. The van der Waals surface area contributed by atoms with Gasteiger partial charge in [-0.1, -0.05) is 23.2 Å². The number of rotatable bonds is 5. The molecule has 0 aliphatic carbocycles. The fourth-order valence-corrected chi connectivity index (χ4v) is 6.59. The second kappa shape index (κ2) is 8.94. The molecule has 10 heteroatoms. The second-order valence-electron chi connectivity index (χ2n) is 6.90. The highest BCUT2D eigenvalue weighted by atomic mass is 35.5. The van der Waals surface area contributed by atoms with Gasteiger partial charge in [0, 0.05) is 29.1 Å². The van der Waals surface area contributed by atoms with E-state index < -0.39 is 26.7 Å². The lowest BCUT2D eigenvalue weighted by Crippen LogP contribution is -2.19. The summed E-state index contributed by atoms with van der Waals surface area (Å²) in [4.78, 5) is 4.21. The van der Waals surface area contributed by atoms with Crippen LogP contribution >= 0.6 is 35.1 Å². The number of pyridine rings is 1. The van der Waals surface area contributed by atoms with Gasteiger partial charge in [-0.15, -0.1) is 0 Å². The monoisotopic (exact) mass is 500 g/mol. The minimum Gasteiger partial charge on any atom is -0.301 e. The molecule has 2 heterocycles. The van der Waals surface area contributed by atoms with Crippen LogP contribution < -0.4 is 4.31 Å². The summed E-state index contributed by atoms with van der Waals surface area (Å²) in [6, 6.07) is 9.76. The number of sulfone groups is 1. The van der Waals surface area contributed by atoms with Crippen LogP contribution in [-0.2, 0) is 9.84 Å². The van der Waals surface area contributed by atoms with E-state index in [1.54, 1.807) is 11.9 Å². The van der Waals surface area contributed by atoms with Crippen LogP contribution in [0.15, 0.2) is 59.6 Å². The molecule has 0 saturated carbocycles. The molecule has 0 spiro atoms. The van der Waals surface area contributed by atoms with Gasteiger partial charge in [-0.3, -0.25) is 0 Å². The van der Waals surface area contributed by atoms with Gasteiger partial charge in [0.2, 0.25) is 0 Å². The number of benzene rings is 2. The Bertz CT molecular complexity index is 1220. The first-order chi connectivity index (χ1) is 14.8. The molecule has 1 fully saturated rings. The number of hydrogen-bond acceptors (Lipinski definition) is 5. The molecule has 0 amide bonds. The van der Waals surface area contributed by atoms with E-state index in [1.807, 2.05) is 4.31 Å². The van der Waals surface area contributed by atoms with Crippen molar-refractivity contribution in [2.75, 3.05) is 16.6 Å². The molecule has 1 atom stereocenters. The fraction of sp³-hybridized carbons (Fsp3) is 0.190. The largest absolute Gasteiger partial charge is 0.301 e. The number of hydrogen-bond donors (Lipinski definition) is 0. The number of halogens is 4. The Balaban J connectivity index is 1.94. The molecule has 1 aliphatic rings. The summed E-state index contributed by atoms with van der Waals surface area (Å²) in [5.41, 5.74) is -0.207. The molecule has 0 radical (unpaired) electrons. The third-order valence-electron chi connectivity index (χ3n) is 4.85. The van der Waals surface area contributed by atoms with Gasteiger partial charge in [-0.25, -0.2) is 22.2 Å². The summed E-state index contributed by atoms with van der Waals surface area (Å²) in [5.74, 6) is -0.192. The van der Waals surface area contributed by atoms with E-state index in [9.17, 15) is 17.2 Å². The number of aromatic nitrogens is 1. The third kappa shape index (κ3) is 4.53. The molecule has 4 nitrogen and oxygen atoms in total. The van der Waals surface area contributed by atoms with Gasteiger partial charge in [0.15, 0.2) is 9.84 Å². The molecule has 0 bridgehead atoms. The summed E-state index contributed by atoms with van der Waals surface area (Å²) < 4.78 is 58.1. The van der Waals surface area contributed by atoms with Crippen molar-refractivity contribution in [2.24, 2.45) is 0 Å². The van der Waals surface area contributed by atoms with Crippen LogP contribution in [-0.4, -0.2) is 25.7 Å². The van der Waals surface area contributed by atoms with Crippen molar-refractivity contribution in [2.45, 2.75) is 16.6 Å².